The second kappa shape index (κ2) is 11.3. The van der Waals surface area contributed by atoms with Crippen molar-refractivity contribution >= 4 is 5.97 Å². The molecule has 0 unspecified atom stereocenters. The first-order chi connectivity index (χ1) is 13.8. The first-order valence-electron chi connectivity index (χ1n) is 10.2. The summed E-state index contributed by atoms with van der Waals surface area (Å²) in [5.41, 5.74) is 0.0462. The van der Waals surface area contributed by atoms with Crippen LogP contribution in [0.1, 0.15) is 32.1 Å². The number of hydrogen-bond acceptors (Lipinski definition) is 5. The van der Waals surface area contributed by atoms with Crippen molar-refractivity contribution in [3.05, 3.63) is 12.7 Å². The number of alkyl halides is 3. The van der Waals surface area contributed by atoms with Gasteiger partial charge in [0.2, 0.25) is 0 Å². The molecule has 0 radical (unpaired) electrons. The Morgan fingerprint density at radius 3 is 2.59 bits per heavy atom. The molecule has 1 saturated carbocycles. The molecule has 0 bridgehead atoms. The normalized spacial score (nSPS) is 28.7. The number of morpholine rings is 1. The van der Waals surface area contributed by atoms with Crippen LogP contribution in [0.3, 0.4) is 0 Å². The van der Waals surface area contributed by atoms with Crippen molar-refractivity contribution in [1.82, 2.24) is 4.90 Å². The molecule has 0 aromatic carbocycles. The molecule has 1 spiro atoms. The number of ether oxygens (including phenoxy) is 3. The zero-order chi connectivity index (χ0) is 21.3. The Labute approximate surface area is 170 Å². The van der Waals surface area contributed by atoms with Gasteiger partial charge in [-0.25, -0.2) is 4.79 Å². The molecule has 2 heterocycles. The maximum Gasteiger partial charge on any atom is 0.490 e. The quantitative estimate of drug-likeness (QED) is 0.523. The minimum Gasteiger partial charge on any atom is -0.475 e. The Balaban J connectivity index is 0.000000370. The highest BCUT2D eigenvalue weighted by atomic mass is 19.4. The Bertz CT molecular complexity index is 525. The van der Waals surface area contributed by atoms with Gasteiger partial charge in [-0.05, 0) is 31.6 Å². The molecule has 0 aromatic rings. The minimum atomic E-state index is -5.08. The van der Waals surface area contributed by atoms with Crippen LogP contribution in [0, 0.1) is 11.8 Å². The van der Waals surface area contributed by atoms with Crippen LogP contribution in [0.25, 0.3) is 0 Å². The topological polar surface area (TPSA) is 68.2 Å². The van der Waals surface area contributed by atoms with Crippen LogP contribution >= 0.6 is 0 Å². The number of carbonyl (C=O) groups is 1. The van der Waals surface area contributed by atoms with Gasteiger partial charge in [0.1, 0.15) is 0 Å². The molecule has 6 nitrogen and oxygen atoms in total. The standard InChI is InChI=1S/C18H31NO3.C2HF3O2/c1-2-9-21-14-17-4-3-7-18(17)15-19(8-12-22-18)13-16-5-10-20-11-6-16;3-2(4,5)1(6)7/h2,16-17H,1,3-15H2;(H,6,7)/t17-,18+;/m0./s1. The number of hydrogen-bond donors (Lipinski definition) is 1. The lowest BCUT2D eigenvalue weighted by Gasteiger charge is -2.45. The Hall–Kier alpha value is -1.16. The molecule has 29 heavy (non-hydrogen) atoms. The van der Waals surface area contributed by atoms with Crippen molar-refractivity contribution < 1.29 is 37.3 Å². The van der Waals surface area contributed by atoms with Gasteiger partial charge >= 0.3 is 12.1 Å². The third-order valence-corrected chi connectivity index (χ3v) is 5.84. The van der Waals surface area contributed by atoms with E-state index in [0.29, 0.717) is 12.5 Å². The van der Waals surface area contributed by atoms with Crippen LogP contribution in [0.4, 0.5) is 13.2 Å². The van der Waals surface area contributed by atoms with Crippen molar-refractivity contribution in [3.63, 3.8) is 0 Å². The number of halogens is 3. The van der Waals surface area contributed by atoms with Crippen molar-refractivity contribution in [2.45, 2.75) is 43.9 Å². The molecular weight excluding hydrogens is 391 g/mol. The van der Waals surface area contributed by atoms with Crippen LogP contribution in [-0.2, 0) is 19.0 Å². The number of nitrogens with zero attached hydrogens (tertiary/aromatic N) is 1. The smallest absolute Gasteiger partial charge is 0.475 e. The molecule has 2 saturated heterocycles. The number of carboxylic acid groups (broad SMARTS) is 1. The molecule has 9 heteroatoms. The highest BCUT2D eigenvalue weighted by Gasteiger charge is 2.47. The van der Waals surface area contributed by atoms with Crippen LogP contribution < -0.4 is 0 Å². The molecule has 3 fully saturated rings. The zero-order valence-corrected chi connectivity index (χ0v) is 16.8. The fraction of sp³-hybridized carbons (Fsp3) is 0.850. The van der Waals surface area contributed by atoms with Gasteiger partial charge < -0.3 is 19.3 Å². The summed E-state index contributed by atoms with van der Waals surface area (Å²) in [6, 6.07) is 0. The first-order valence-corrected chi connectivity index (χ1v) is 10.2. The molecule has 2 aliphatic heterocycles. The Kier molecular flexibility index (Phi) is 9.39. The fourth-order valence-corrected chi connectivity index (χ4v) is 4.37. The second-order valence-electron chi connectivity index (χ2n) is 7.92. The fourth-order valence-electron chi connectivity index (χ4n) is 4.37. The van der Waals surface area contributed by atoms with Crippen molar-refractivity contribution in [2.24, 2.45) is 11.8 Å². The van der Waals surface area contributed by atoms with Gasteiger partial charge in [-0.2, -0.15) is 13.2 Å². The van der Waals surface area contributed by atoms with Gasteiger partial charge in [0.05, 0.1) is 25.4 Å². The minimum absolute atomic E-state index is 0.0462. The van der Waals surface area contributed by atoms with E-state index >= 15 is 0 Å². The van der Waals surface area contributed by atoms with Crippen LogP contribution in [-0.4, -0.2) is 80.4 Å². The first kappa shape index (κ1) is 24.1. The molecule has 3 aliphatic rings. The zero-order valence-electron chi connectivity index (χ0n) is 16.8. The lowest BCUT2D eigenvalue weighted by Crippen LogP contribution is -2.55. The SMILES string of the molecule is C=CCOC[C@@H]1CCC[C@@]12CN(CC1CCOCC1)CCO2.O=C(O)C(F)(F)F. The summed E-state index contributed by atoms with van der Waals surface area (Å²) < 4.78 is 49.3. The van der Waals surface area contributed by atoms with E-state index < -0.39 is 12.1 Å². The number of rotatable bonds is 6. The highest BCUT2D eigenvalue weighted by Crippen LogP contribution is 2.41. The van der Waals surface area contributed by atoms with E-state index in [2.05, 4.69) is 11.5 Å². The second-order valence-corrected chi connectivity index (χ2v) is 7.92. The lowest BCUT2D eigenvalue weighted by atomic mass is 9.88. The summed E-state index contributed by atoms with van der Waals surface area (Å²) in [5.74, 6) is -1.40. The summed E-state index contributed by atoms with van der Waals surface area (Å²) in [6.45, 7) is 11.3. The van der Waals surface area contributed by atoms with E-state index in [0.717, 1.165) is 45.4 Å². The van der Waals surface area contributed by atoms with Gasteiger partial charge in [-0.3, -0.25) is 4.90 Å². The molecule has 3 rings (SSSR count). The highest BCUT2D eigenvalue weighted by molar-refractivity contribution is 5.73. The third-order valence-electron chi connectivity index (χ3n) is 5.84. The number of carboxylic acids is 1. The van der Waals surface area contributed by atoms with Crippen LogP contribution in [0.15, 0.2) is 12.7 Å². The molecule has 0 amide bonds. The largest absolute Gasteiger partial charge is 0.490 e. The van der Waals surface area contributed by atoms with Crippen molar-refractivity contribution in [2.75, 3.05) is 52.7 Å². The van der Waals surface area contributed by atoms with E-state index in [1.807, 2.05) is 6.08 Å². The summed E-state index contributed by atoms with van der Waals surface area (Å²) in [7, 11) is 0. The van der Waals surface area contributed by atoms with Crippen molar-refractivity contribution in [3.8, 4) is 0 Å². The molecule has 1 N–H and O–H groups in total. The number of aliphatic carboxylic acids is 1. The average molecular weight is 423 g/mol. The van der Waals surface area contributed by atoms with E-state index in [1.54, 1.807) is 0 Å². The summed E-state index contributed by atoms with van der Waals surface area (Å²) >= 11 is 0. The Morgan fingerprint density at radius 2 is 1.97 bits per heavy atom. The van der Waals surface area contributed by atoms with Gasteiger partial charge in [0, 0.05) is 38.8 Å². The van der Waals surface area contributed by atoms with E-state index in [4.69, 9.17) is 24.1 Å². The van der Waals surface area contributed by atoms with Gasteiger partial charge in [-0.1, -0.05) is 12.5 Å². The summed E-state index contributed by atoms with van der Waals surface area (Å²) in [6.07, 6.45) is 2.89. The lowest BCUT2D eigenvalue weighted by molar-refractivity contribution is -0.192. The van der Waals surface area contributed by atoms with Gasteiger partial charge in [0.15, 0.2) is 0 Å². The monoisotopic (exact) mass is 423 g/mol. The van der Waals surface area contributed by atoms with Gasteiger partial charge in [0.25, 0.3) is 0 Å². The Morgan fingerprint density at radius 1 is 1.28 bits per heavy atom. The molecular formula is C20H32F3NO5. The van der Waals surface area contributed by atoms with Gasteiger partial charge in [-0.15, -0.1) is 6.58 Å². The molecule has 1 aliphatic carbocycles. The summed E-state index contributed by atoms with van der Waals surface area (Å²) in [4.78, 5) is 11.5. The maximum absolute atomic E-state index is 10.6. The van der Waals surface area contributed by atoms with E-state index in [9.17, 15) is 13.2 Å². The van der Waals surface area contributed by atoms with Crippen molar-refractivity contribution in [1.29, 1.82) is 0 Å². The average Bonchev–Trinajstić information content (AvgIpc) is 3.04. The predicted molar refractivity (Wildman–Crippen MR) is 101 cm³/mol. The van der Waals surface area contributed by atoms with Crippen LogP contribution in [0.5, 0.6) is 0 Å². The predicted octanol–water partition coefficient (Wildman–Crippen LogP) is 3.12. The molecule has 0 aromatic heterocycles. The molecule has 168 valence electrons. The molecule has 2 atom stereocenters. The van der Waals surface area contributed by atoms with Crippen LogP contribution in [0.2, 0.25) is 0 Å². The summed E-state index contributed by atoms with van der Waals surface area (Å²) in [5, 5.41) is 7.12. The van der Waals surface area contributed by atoms with E-state index in [1.165, 1.54) is 38.6 Å². The maximum atomic E-state index is 10.6. The third kappa shape index (κ3) is 7.55. The van der Waals surface area contributed by atoms with E-state index in [-0.39, 0.29) is 5.60 Å².